The second kappa shape index (κ2) is 7.20. The number of alkyl halides is 3. The van der Waals surface area contributed by atoms with Crippen molar-refractivity contribution in [3.63, 3.8) is 0 Å². The number of Topliss-reactive ketones (excluding diaryl/α,β-unsaturated/α-hetero) is 1. The van der Waals surface area contributed by atoms with E-state index >= 15 is 0 Å². The van der Waals surface area contributed by atoms with Gasteiger partial charge in [-0.25, -0.2) is 0 Å². The van der Waals surface area contributed by atoms with E-state index < -0.39 is 22.5 Å². The Hall–Kier alpha value is -2.81. The van der Waals surface area contributed by atoms with Crippen LogP contribution in [0.1, 0.15) is 15.9 Å². The average molecular weight is 379 g/mol. The van der Waals surface area contributed by atoms with E-state index in [-0.39, 0.29) is 22.4 Å². The number of hydrogen-bond donors (Lipinski definition) is 0. The first-order valence-corrected chi connectivity index (χ1v) is 8.72. The average Bonchev–Trinajstić information content (AvgIpc) is 3.12. The molecule has 9 heteroatoms. The van der Waals surface area contributed by atoms with Crippen LogP contribution in [0.4, 0.5) is 13.2 Å². The molecule has 0 fully saturated rings. The van der Waals surface area contributed by atoms with Crippen molar-refractivity contribution in [2.75, 3.05) is 5.75 Å². The number of carbonyl (C=O) groups excluding carboxylic acids is 1. The van der Waals surface area contributed by atoms with Crippen LogP contribution in [0.25, 0.3) is 5.69 Å². The van der Waals surface area contributed by atoms with Crippen molar-refractivity contribution in [1.82, 2.24) is 14.8 Å². The Morgan fingerprint density at radius 1 is 1.08 bits per heavy atom. The fraction of sp³-hybridized carbons (Fsp3) is 0.118. The summed E-state index contributed by atoms with van der Waals surface area (Å²) in [4.78, 5) is 12.2. The Morgan fingerprint density at radius 3 is 2.50 bits per heavy atom. The van der Waals surface area contributed by atoms with Crippen molar-refractivity contribution in [3.05, 3.63) is 72.1 Å². The molecule has 0 radical (unpaired) electrons. The predicted molar refractivity (Wildman–Crippen MR) is 88.4 cm³/mol. The molecule has 5 nitrogen and oxygen atoms in total. The van der Waals surface area contributed by atoms with Crippen molar-refractivity contribution in [2.45, 2.75) is 11.3 Å². The topological polar surface area (TPSA) is 64.8 Å². The van der Waals surface area contributed by atoms with Crippen molar-refractivity contribution in [3.8, 4) is 5.69 Å². The summed E-state index contributed by atoms with van der Waals surface area (Å²) in [6.45, 7) is 0. The summed E-state index contributed by atoms with van der Waals surface area (Å²) in [6.07, 6.45) is -3.34. The third-order valence-electron chi connectivity index (χ3n) is 3.53. The largest absolute Gasteiger partial charge is 0.416 e. The zero-order chi connectivity index (χ0) is 18.7. The van der Waals surface area contributed by atoms with Crippen LogP contribution in [0, 0.1) is 0 Å². The fourth-order valence-corrected chi connectivity index (χ4v) is 3.32. The van der Waals surface area contributed by atoms with Gasteiger partial charge < -0.3 is 0 Å². The van der Waals surface area contributed by atoms with Gasteiger partial charge in [-0.3, -0.25) is 13.6 Å². The molecule has 2 aromatic carbocycles. The minimum atomic E-state index is -4.51. The lowest BCUT2D eigenvalue weighted by atomic mass is 10.2. The maximum Gasteiger partial charge on any atom is 0.416 e. The SMILES string of the molecule is O=C(CS(=O)c1nncn1-c1cccc(C(F)(F)F)c1)c1ccccc1. The van der Waals surface area contributed by atoms with Crippen LogP contribution in [0.3, 0.4) is 0 Å². The summed E-state index contributed by atoms with van der Waals surface area (Å²) in [5, 5.41) is 7.24. The Bertz CT molecular complexity index is 955. The molecule has 0 aliphatic rings. The number of rotatable bonds is 5. The van der Waals surface area contributed by atoms with Gasteiger partial charge in [-0.15, -0.1) is 10.2 Å². The van der Waals surface area contributed by atoms with Crippen LogP contribution < -0.4 is 0 Å². The highest BCUT2D eigenvalue weighted by Crippen LogP contribution is 2.30. The molecular weight excluding hydrogens is 367 g/mol. The molecule has 1 heterocycles. The van der Waals surface area contributed by atoms with Gasteiger partial charge in [0.25, 0.3) is 0 Å². The van der Waals surface area contributed by atoms with Crippen LogP contribution >= 0.6 is 0 Å². The van der Waals surface area contributed by atoms with Crippen molar-refractivity contribution in [2.24, 2.45) is 0 Å². The smallest absolute Gasteiger partial charge is 0.293 e. The van der Waals surface area contributed by atoms with E-state index in [1.807, 2.05) is 0 Å². The van der Waals surface area contributed by atoms with Crippen LogP contribution in [-0.2, 0) is 17.0 Å². The molecule has 26 heavy (non-hydrogen) atoms. The third kappa shape index (κ3) is 3.88. The van der Waals surface area contributed by atoms with E-state index in [0.717, 1.165) is 18.5 Å². The Labute approximate surface area is 148 Å². The minimum absolute atomic E-state index is 0.0893. The van der Waals surface area contributed by atoms with E-state index in [9.17, 15) is 22.2 Å². The van der Waals surface area contributed by atoms with Crippen molar-refractivity contribution in [1.29, 1.82) is 0 Å². The number of benzene rings is 2. The summed E-state index contributed by atoms with van der Waals surface area (Å²) >= 11 is 0. The molecule has 0 amide bonds. The van der Waals surface area contributed by atoms with E-state index in [1.54, 1.807) is 30.3 Å². The van der Waals surface area contributed by atoms with E-state index in [1.165, 1.54) is 16.7 Å². The summed E-state index contributed by atoms with van der Waals surface area (Å²) < 4.78 is 52.3. The summed E-state index contributed by atoms with van der Waals surface area (Å²) in [5.41, 5.74) is -0.341. The van der Waals surface area contributed by atoms with Gasteiger partial charge in [-0.05, 0) is 18.2 Å². The van der Waals surface area contributed by atoms with Gasteiger partial charge >= 0.3 is 6.18 Å². The summed E-state index contributed by atoms with van der Waals surface area (Å²) in [6, 6.07) is 12.8. The number of ketones is 1. The second-order valence-electron chi connectivity index (χ2n) is 5.31. The summed E-state index contributed by atoms with van der Waals surface area (Å²) in [5.74, 6) is -0.704. The molecule has 1 atom stereocenters. The van der Waals surface area contributed by atoms with Crippen LogP contribution in [0.5, 0.6) is 0 Å². The van der Waals surface area contributed by atoms with Gasteiger partial charge in [-0.2, -0.15) is 13.2 Å². The standard InChI is InChI=1S/C17H12F3N3O2S/c18-17(19,20)13-7-4-8-14(9-13)23-11-21-22-16(23)26(25)10-15(24)12-5-2-1-3-6-12/h1-9,11H,10H2. The number of carbonyl (C=O) groups is 1. The summed E-state index contributed by atoms with van der Waals surface area (Å²) in [7, 11) is -1.86. The van der Waals surface area contributed by atoms with E-state index in [4.69, 9.17) is 0 Å². The first-order chi connectivity index (χ1) is 12.4. The number of aromatic nitrogens is 3. The zero-order valence-electron chi connectivity index (χ0n) is 13.2. The highest BCUT2D eigenvalue weighted by molar-refractivity contribution is 7.85. The zero-order valence-corrected chi connectivity index (χ0v) is 14.0. The number of hydrogen-bond acceptors (Lipinski definition) is 4. The van der Waals surface area contributed by atoms with Crippen LogP contribution in [-0.4, -0.2) is 30.5 Å². The molecule has 1 aromatic heterocycles. The van der Waals surface area contributed by atoms with Gasteiger partial charge in [0.05, 0.1) is 22.1 Å². The quantitative estimate of drug-likeness (QED) is 0.638. The first kappa shape index (κ1) is 18.0. The van der Waals surface area contributed by atoms with Crippen LogP contribution in [0.15, 0.2) is 66.1 Å². The molecule has 0 aliphatic heterocycles. The molecule has 3 rings (SSSR count). The van der Waals surface area contributed by atoms with Crippen molar-refractivity contribution < 1.29 is 22.2 Å². The van der Waals surface area contributed by atoms with Gasteiger partial charge in [0.2, 0.25) is 5.16 Å². The Balaban J connectivity index is 1.87. The monoisotopic (exact) mass is 379 g/mol. The lowest BCUT2D eigenvalue weighted by molar-refractivity contribution is -0.137. The van der Waals surface area contributed by atoms with Crippen LogP contribution in [0.2, 0.25) is 0 Å². The maximum atomic E-state index is 12.9. The molecule has 0 bridgehead atoms. The minimum Gasteiger partial charge on any atom is -0.293 e. The van der Waals surface area contributed by atoms with Gasteiger partial charge in [0.15, 0.2) is 5.78 Å². The highest BCUT2D eigenvalue weighted by Gasteiger charge is 2.31. The molecule has 1 unspecified atom stereocenters. The Kier molecular flexibility index (Phi) is 4.99. The van der Waals surface area contributed by atoms with E-state index in [2.05, 4.69) is 10.2 Å². The van der Waals surface area contributed by atoms with Gasteiger partial charge in [-0.1, -0.05) is 36.4 Å². The number of halogens is 3. The van der Waals surface area contributed by atoms with Crippen molar-refractivity contribution >= 4 is 16.6 Å². The van der Waals surface area contributed by atoms with Gasteiger partial charge in [0.1, 0.15) is 6.33 Å². The normalized spacial score (nSPS) is 12.7. The highest BCUT2D eigenvalue weighted by atomic mass is 32.2. The second-order valence-corrected chi connectivity index (χ2v) is 6.66. The van der Waals surface area contributed by atoms with Gasteiger partial charge in [0, 0.05) is 11.3 Å². The molecule has 0 aliphatic carbocycles. The molecule has 0 saturated carbocycles. The molecule has 3 aromatic rings. The van der Waals surface area contributed by atoms with E-state index in [0.29, 0.717) is 5.56 Å². The number of nitrogens with zero attached hydrogens (tertiary/aromatic N) is 3. The lowest BCUT2D eigenvalue weighted by Gasteiger charge is -2.10. The molecular formula is C17H12F3N3O2S. The lowest BCUT2D eigenvalue weighted by Crippen LogP contribution is -2.14. The molecule has 0 spiro atoms. The molecule has 0 N–H and O–H groups in total. The fourth-order valence-electron chi connectivity index (χ4n) is 2.28. The third-order valence-corrected chi connectivity index (χ3v) is 4.74. The Morgan fingerprint density at radius 2 is 1.81 bits per heavy atom. The molecule has 0 saturated heterocycles. The predicted octanol–water partition coefficient (Wildman–Crippen LogP) is 3.28. The molecule has 134 valence electrons. The maximum absolute atomic E-state index is 12.9. The first-order valence-electron chi connectivity index (χ1n) is 7.40.